The molecule has 0 aromatic rings. The molecule has 9 nitrogen and oxygen atoms in total. The molecule has 0 saturated heterocycles. The lowest BCUT2D eigenvalue weighted by atomic mass is 10.1. The molecule has 0 rings (SSSR count). The minimum absolute atomic E-state index is 0.0224. The smallest absolute Gasteiger partial charge is 0.462 e. The summed E-state index contributed by atoms with van der Waals surface area (Å²) >= 11 is 0. The van der Waals surface area contributed by atoms with Gasteiger partial charge in [0.2, 0.25) is 0 Å². The average Bonchev–Trinajstić information content (AvgIpc) is 3.12. The van der Waals surface area contributed by atoms with Crippen LogP contribution in [0.1, 0.15) is 168 Å². The number of carbonyl (C=O) groups is 2. The summed E-state index contributed by atoms with van der Waals surface area (Å²) in [5, 5.41) is 0. The average molecular weight is 783 g/mol. The molecule has 0 saturated carbocycles. The maximum Gasteiger partial charge on any atom is 0.472 e. The van der Waals surface area contributed by atoms with Crippen LogP contribution in [0.25, 0.3) is 0 Å². The van der Waals surface area contributed by atoms with Crippen LogP contribution in [0, 0.1) is 0 Å². The zero-order valence-corrected chi connectivity index (χ0v) is 36.1. The van der Waals surface area contributed by atoms with Gasteiger partial charge >= 0.3 is 19.8 Å². The van der Waals surface area contributed by atoms with Gasteiger partial charge in [-0.25, -0.2) is 4.57 Å². The summed E-state index contributed by atoms with van der Waals surface area (Å²) in [6.45, 7) is 4.32. The van der Waals surface area contributed by atoms with Gasteiger partial charge in [-0.1, -0.05) is 127 Å². The molecule has 0 aliphatic carbocycles. The Morgan fingerprint density at radius 3 is 1.57 bits per heavy atom. The minimum Gasteiger partial charge on any atom is -0.462 e. The van der Waals surface area contributed by atoms with E-state index in [1.54, 1.807) is 0 Å². The zero-order valence-electron chi connectivity index (χ0n) is 35.2. The lowest BCUT2D eigenvalue weighted by molar-refractivity contribution is -0.870. The van der Waals surface area contributed by atoms with Crippen molar-refractivity contribution >= 4 is 19.8 Å². The van der Waals surface area contributed by atoms with Gasteiger partial charge < -0.3 is 18.9 Å². The number of rotatable bonds is 38. The molecule has 314 valence electrons. The number of hydrogen-bond donors (Lipinski definition) is 1. The molecule has 0 fully saturated rings. The van der Waals surface area contributed by atoms with Gasteiger partial charge in [0.1, 0.15) is 19.8 Å². The number of hydrogen-bond acceptors (Lipinski definition) is 7. The molecule has 0 radical (unpaired) electrons. The second kappa shape index (κ2) is 36.6. The van der Waals surface area contributed by atoms with Crippen LogP contribution in [0.3, 0.4) is 0 Å². The summed E-state index contributed by atoms with van der Waals surface area (Å²) in [5.41, 5.74) is 0. The summed E-state index contributed by atoms with van der Waals surface area (Å²) in [6.07, 6.45) is 41.6. The van der Waals surface area contributed by atoms with E-state index < -0.39 is 26.5 Å². The molecular weight excluding hydrogens is 701 g/mol. The SMILES string of the molecule is CCCCC/C=C\C/C=C\C/C=C\CCCCC(=O)O[C@H](COC(=O)CCCCCCCCC/C=C\CCCCCC)COP(=O)(O)OCC[N+](C)(C)C. The second-order valence-electron chi connectivity index (χ2n) is 15.4. The Morgan fingerprint density at radius 2 is 1.00 bits per heavy atom. The van der Waals surface area contributed by atoms with E-state index in [2.05, 4.69) is 62.5 Å². The van der Waals surface area contributed by atoms with Gasteiger partial charge in [0.25, 0.3) is 0 Å². The maximum absolute atomic E-state index is 12.6. The van der Waals surface area contributed by atoms with E-state index in [0.717, 1.165) is 64.2 Å². The molecule has 0 amide bonds. The van der Waals surface area contributed by atoms with E-state index >= 15 is 0 Å². The van der Waals surface area contributed by atoms with Gasteiger partial charge in [0, 0.05) is 12.8 Å². The number of phosphoric acid groups is 1. The predicted molar refractivity (Wildman–Crippen MR) is 224 cm³/mol. The molecule has 1 unspecified atom stereocenters. The molecule has 0 aromatic carbocycles. The van der Waals surface area contributed by atoms with Crippen LogP contribution in [-0.2, 0) is 32.7 Å². The molecule has 0 heterocycles. The third kappa shape index (κ3) is 39.7. The highest BCUT2D eigenvalue weighted by molar-refractivity contribution is 7.47. The van der Waals surface area contributed by atoms with Gasteiger partial charge in [0.05, 0.1) is 27.7 Å². The van der Waals surface area contributed by atoms with Crippen molar-refractivity contribution in [3.05, 3.63) is 48.6 Å². The number of esters is 2. The zero-order chi connectivity index (χ0) is 40.0. The largest absolute Gasteiger partial charge is 0.472 e. The van der Waals surface area contributed by atoms with Crippen molar-refractivity contribution in [2.75, 3.05) is 47.5 Å². The predicted octanol–water partition coefficient (Wildman–Crippen LogP) is 11.9. The van der Waals surface area contributed by atoms with E-state index in [1.807, 2.05) is 21.1 Å². The first-order chi connectivity index (χ1) is 26.0. The Morgan fingerprint density at radius 1 is 0.574 bits per heavy atom. The van der Waals surface area contributed by atoms with E-state index in [1.165, 1.54) is 70.6 Å². The van der Waals surface area contributed by atoms with Gasteiger partial charge in [-0.2, -0.15) is 0 Å². The molecule has 0 aliphatic heterocycles. The number of unbranched alkanes of at least 4 members (excludes halogenated alkanes) is 16. The summed E-state index contributed by atoms with van der Waals surface area (Å²) < 4.78 is 34.2. The van der Waals surface area contributed by atoms with Gasteiger partial charge in [-0.15, -0.1) is 0 Å². The fourth-order valence-electron chi connectivity index (χ4n) is 5.43. The van der Waals surface area contributed by atoms with Crippen LogP contribution in [-0.4, -0.2) is 74.9 Å². The standard InChI is InChI=1S/C44H80NO8P/c1-6-8-10-12-14-16-18-20-22-24-26-28-30-32-34-36-43(46)50-40-42(41-52-54(48,49)51-39-38-45(3,4)5)53-44(47)37-35-33-31-29-27-25-23-21-19-17-15-13-11-9-7-2/h15-18,21,23,27,29,42H,6-14,19-20,22,24-26,28,30-41H2,1-5H3/p+1/b17-15-,18-16-,23-21-,29-27-/t42-/m1/s1. The molecule has 10 heteroatoms. The molecule has 1 N–H and O–H groups in total. The Labute approximate surface area is 331 Å². The van der Waals surface area contributed by atoms with Crippen molar-refractivity contribution in [3.63, 3.8) is 0 Å². The first kappa shape index (κ1) is 52.0. The number of quaternary nitrogens is 1. The summed E-state index contributed by atoms with van der Waals surface area (Å²) in [7, 11) is 1.44. The number of phosphoric ester groups is 1. The first-order valence-corrected chi connectivity index (χ1v) is 22.9. The third-order valence-corrected chi connectivity index (χ3v) is 9.82. The van der Waals surface area contributed by atoms with Gasteiger partial charge in [-0.3, -0.25) is 18.6 Å². The number of carbonyl (C=O) groups excluding carboxylic acids is 2. The molecule has 0 aliphatic rings. The van der Waals surface area contributed by atoms with Crippen molar-refractivity contribution < 1.29 is 42.1 Å². The topological polar surface area (TPSA) is 108 Å². The molecule has 0 spiro atoms. The van der Waals surface area contributed by atoms with E-state index in [0.29, 0.717) is 17.4 Å². The van der Waals surface area contributed by atoms with Crippen molar-refractivity contribution in [3.8, 4) is 0 Å². The van der Waals surface area contributed by atoms with Crippen LogP contribution in [0.5, 0.6) is 0 Å². The van der Waals surface area contributed by atoms with Crippen LogP contribution in [0.2, 0.25) is 0 Å². The number of nitrogens with zero attached hydrogens (tertiary/aromatic N) is 1. The number of likely N-dealkylation sites (N-methyl/N-ethyl adjacent to an activating group) is 1. The van der Waals surface area contributed by atoms with E-state index in [9.17, 15) is 19.0 Å². The molecule has 2 atom stereocenters. The van der Waals surface area contributed by atoms with Crippen molar-refractivity contribution in [2.45, 2.75) is 174 Å². The highest BCUT2D eigenvalue weighted by Gasteiger charge is 2.27. The normalized spacial score (nSPS) is 14.1. The highest BCUT2D eigenvalue weighted by Crippen LogP contribution is 2.43. The first-order valence-electron chi connectivity index (χ1n) is 21.4. The fraction of sp³-hybridized carbons (Fsp3) is 0.773. The van der Waals surface area contributed by atoms with Crippen molar-refractivity contribution in [2.24, 2.45) is 0 Å². The van der Waals surface area contributed by atoms with Crippen LogP contribution < -0.4 is 0 Å². The van der Waals surface area contributed by atoms with Crippen LogP contribution >= 0.6 is 7.82 Å². The Bertz CT molecular complexity index is 1070. The van der Waals surface area contributed by atoms with E-state index in [4.69, 9.17) is 18.5 Å². The summed E-state index contributed by atoms with van der Waals surface area (Å²) in [5.74, 6) is -0.851. The maximum atomic E-state index is 12.6. The van der Waals surface area contributed by atoms with Crippen molar-refractivity contribution in [1.29, 1.82) is 0 Å². The van der Waals surface area contributed by atoms with Gasteiger partial charge in [-0.05, 0) is 77.0 Å². The molecule has 54 heavy (non-hydrogen) atoms. The fourth-order valence-corrected chi connectivity index (χ4v) is 6.17. The van der Waals surface area contributed by atoms with Gasteiger partial charge in [0.15, 0.2) is 6.10 Å². The van der Waals surface area contributed by atoms with Crippen molar-refractivity contribution in [1.82, 2.24) is 0 Å². The molecule has 0 aromatic heterocycles. The summed E-state index contributed by atoms with van der Waals surface area (Å²) in [4.78, 5) is 35.3. The Balaban J connectivity index is 4.46. The lowest BCUT2D eigenvalue weighted by Gasteiger charge is -2.24. The monoisotopic (exact) mass is 783 g/mol. The quantitative estimate of drug-likeness (QED) is 0.0217. The minimum atomic E-state index is -4.38. The van der Waals surface area contributed by atoms with E-state index in [-0.39, 0.29) is 32.0 Å². The number of allylic oxidation sites excluding steroid dienone is 8. The Hall–Kier alpha value is -2.03. The number of ether oxygens (including phenoxy) is 2. The molecule has 0 bridgehead atoms. The second-order valence-corrected chi connectivity index (χ2v) is 16.8. The molecular formula is C44H81NO8P+. The Kier molecular flexibility index (Phi) is 35.2. The third-order valence-electron chi connectivity index (χ3n) is 8.83. The lowest BCUT2D eigenvalue weighted by Crippen LogP contribution is -2.37. The highest BCUT2D eigenvalue weighted by atomic mass is 31.2. The van der Waals surface area contributed by atoms with Crippen LogP contribution in [0.15, 0.2) is 48.6 Å². The van der Waals surface area contributed by atoms with Crippen LogP contribution in [0.4, 0.5) is 0 Å². The summed E-state index contributed by atoms with van der Waals surface area (Å²) in [6, 6.07) is 0.